The Morgan fingerprint density at radius 1 is 1.35 bits per heavy atom. The van der Waals surface area contributed by atoms with Crippen molar-refractivity contribution in [3.05, 3.63) is 29.3 Å². The van der Waals surface area contributed by atoms with E-state index in [1.807, 2.05) is 18.2 Å². The van der Waals surface area contributed by atoms with Gasteiger partial charge >= 0.3 is 0 Å². The van der Waals surface area contributed by atoms with Gasteiger partial charge in [0, 0.05) is 0 Å². The lowest BCUT2D eigenvalue weighted by molar-refractivity contribution is 0.569. The molecule has 1 aromatic rings. The van der Waals surface area contributed by atoms with Crippen molar-refractivity contribution in [1.82, 2.24) is 5.32 Å². The highest BCUT2D eigenvalue weighted by Gasteiger charge is 2.29. The van der Waals surface area contributed by atoms with Gasteiger partial charge in [-0.15, -0.1) is 0 Å². The quantitative estimate of drug-likeness (QED) is 0.858. The zero-order chi connectivity index (χ0) is 11.9. The summed E-state index contributed by atoms with van der Waals surface area (Å²) < 4.78 is 24.1. The molecule has 0 saturated carbocycles. The molecule has 17 heavy (non-hydrogen) atoms. The average molecular weight is 251 g/mol. The molecule has 1 fully saturated rings. The molecule has 1 N–H and O–H groups in total. The zero-order valence-electron chi connectivity index (χ0n) is 9.78. The van der Waals surface area contributed by atoms with Gasteiger partial charge in [-0.2, -0.15) is 0 Å². The molecule has 0 amide bonds. The van der Waals surface area contributed by atoms with Crippen molar-refractivity contribution in [1.29, 1.82) is 0 Å². The van der Waals surface area contributed by atoms with Crippen molar-refractivity contribution in [2.75, 3.05) is 18.8 Å². The smallest absolute Gasteiger partial charge is 0.179 e. The van der Waals surface area contributed by atoms with Crippen molar-refractivity contribution in [2.24, 2.45) is 5.92 Å². The molecule has 1 unspecified atom stereocenters. The van der Waals surface area contributed by atoms with Gasteiger partial charge in [-0.1, -0.05) is 18.2 Å². The maximum absolute atomic E-state index is 12.0. The number of fused-ring (bicyclic) bond motifs is 1. The van der Waals surface area contributed by atoms with Crippen LogP contribution in [-0.4, -0.2) is 27.3 Å². The molecule has 0 aliphatic carbocycles. The van der Waals surface area contributed by atoms with Crippen molar-refractivity contribution in [2.45, 2.75) is 24.2 Å². The molecular weight excluding hydrogens is 234 g/mol. The normalized spacial score (nSPS) is 26.0. The van der Waals surface area contributed by atoms with E-state index in [2.05, 4.69) is 5.32 Å². The van der Waals surface area contributed by atoms with Crippen molar-refractivity contribution in [3.8, 4) is 0 Å². The molecule has 2 aliphatic rings. The Balaban J connectivity index is 1.98. The lowest BCUT2D eigenvalue weighted by Gasteiger charge is -2.12. The van der Waals surface area contributed by atoms with Crippen LogP contribution in [0.5, 0.6) is 0 Å². The number of hydrogen-bond donors (Lipinski definition) is 1. The molecule has 92 valence electrons. The Bertz CT molecular complexity index is 530. The van der Waals surface area contributed by atoms with Crippen LogP contribution in [0.3, 0.4) is 0 Å². The van der Waals surface area contributed by atoms with Gasteiger partial charge in [-0.25, -0.2) is 8.42 Å². The van der Waals surface area contributed by atoms with Gasteiger partial charge in [-0.3, -0.25) is 0 Å². The fourth-order valence-corrected chi connectivity index (χ4v) is 4.75. The second-order valence-corrected chi connectivity index (χ2v) is 7.08. The van der Waals surface area contributed by atoms with Crippen LogP contribution < -0.4 is 5.32 Å². The minimum atomic E-state index is -3.00. The van der Waals surface area contributed by atoms with Crippen LogP contribution in [0.4, 0.5) is 0 Å². The largest absolute Gasteiger partial charge is 0.316 e. The molecule has 1 atom stereocenters. The topological polar surface area (TPSA) is 46.2 Å². The van der Waals surface area contributed by atoms with E-state index in [0.717, 1.165) is 37.1 Å². The summed E-state index contributed by atoms with van der Waals surface area (Å²) in [5.41, 5.74) is 2.06. The predicted octanol–water partition coefficient (Wildman–Crippen LogP) is 1.17. The third kappa shape index (κ3) is 2.00. The van der Waals surface area contributed by atoms with Crippen LogP contribution in [-0.2, 0) is 22.7 Å². The highest BCUT2D eigenvalue weighted by Crippen LogP contribution is 2.31. The van der Waals surface area contributed by atoms with Crippen molar-refractivity contribution < 1.29 is 8.42 Å². The second kappa shape index (κ2) is 4.10. The fourth-order valence-electron chi connectivity index (χ4n) is 2.94. The number of rotatable bonds is 2. The number of sulfone groups is 1. The number of hydrogen-bond acceptors (Lipinski definition) is 3. The van der Waals surface area contributed by atoms with Gasteiger partial charge in [0.05, 0.1) is 10.6 Å². The van der Waals surface area contributed by atoms with Crippen LogP contribution >= 0.6 is 0 Å². The van der Waals surface area contributed by atoms with Gasteiger partial charge in [0.25, 0.3) is 0 Å². The monoisotopic (exact) mass is 251 g/mol. The molecule has 0 aromatic heterocycles. The minimum Gasteiger partial charge on any atom is -0.316 e. The first-order valence-electron chi connectivity index (χ1n) is 6.21. The Kier molecular flexibility index (Phi) is 2.71. The highest BCUT2D eigenvalue weighted by molar-refractivity contribution is 7.91. The minimum absolute atomic E-state index is 0.294. The van der Waals surface area contributed by atoms with Crippen LogP contribution in [0.2, 0.25) is 0 Å². The maximum atomic E-state index is 12.0. The Morgan fingerprint density at radius 3 is 3.00 bits per heavy atom. The van der Waals surface area contributed by atoms with E-state index in [1.54, 1.807) is 0 Å². The predicted molar refractivity (Wildman–Crippen MR) is 66.9 cm³/mol. The molecule has 1 aromatic carbocycles. The first kappa shape index (κ1) is 11.2. The van der Waals surface area contributed by atoms with Crippen molar-refractivity contribution in [3.63, 3.8) is 0 Å². The van der Waals surface area contributed by atoms with E-state index in [1.165, 1.54) is 0 Å². The Hall–Kier alpha value is -0.870. The van der Waals surface area contributed by atoms with Crippen molar-refractivity contribution >= 4 is 9.84 Å². The first-order valence-corrected chi connectivity index (χ1v) is 7.86. The summed E-state index contributed by atoms with van der Waals surface area (Å²) in [5.74, 6) is 0.889. The van der Waals surface area contributed by atoms with Gasteiger partial charge < -0.3 is 5.32 Å². The molecule has 1 saturated heterocycles. The SMILES string of the molecule is O=S1(=O)CCc2cccc(CC3CCNC3)c21. The summed E-state index contributed by atoms with van der Waals surface area (Å²) in [6.45, 7) is 2.08. The van der Waals surface area contributed by atoms with Gasteiger partial charge in [0.2, 0.25) is 0 Å². The standard InChI is InChI=1S/C13H17NO2S/c15-17(16)7-5-11-2-1-3-12(13(11)17)8-10-4-6-14-9-10/h1-3,10,14H,4-9H2. The first-order chi connectivity index (χ1) is 8.17. The van der Waals surface area contributed by atoms with E-state index in [4.69, 9.17) is 0 Å². The highest BCUT2D eigenvalue weighted by atomic mass is 32.2. The van der Waals surface area contributed by atoms with E-state index in [9.17, 15) is 8.42 Å². The summed E-state index contributed by atoms with van der Waals surface area (Å²) in [7, 11) is -3.00. The van der Waals surface area contributed by atoms with Crippen LogP contribution in [0.25, 0.3) is 0 Å². The summed E-state index contributed by atoms with van der Waals surface area (Å²) >= 11 is 0. The second-order valence-electron chi connectivity index (χ2n) is 5.04. The lowest BCUT2D eigenvalue weighted by Crippen LogP contribution is -2.12. The Labute approximate surface area is 102 Å². The van der Waals surface area contributed by atoms with E-state index < -0.39 is 9.84 Å². The van der Waals surface area contributed by atoms with Gasteiger partial charge in [-0.05, 0) is 49.4 Å². The number of benzene rings is 1. The number of aryl methyl sites for hydroxylation is 1. The lowest BCUT2D eigenvalue weighted by atomic mass is 9.97. The molecular formula is C13H17NO2S. The van der Waals surface area contributed by atoms with E-state index in [-0.39, 0.29) is 0 Å². The van der Waals surface area contributed by atoms with Crippen LogP contribution in [0, 0.1) is 5.92 Å². The molecule has 3 rings (SSSR count). The summed E-state index contributed by atoms with van der Waals surface area (Å²) in [6, 6.07) is 5.94. The average Bonchev–Trinajstić information content (AvgIpc) is 2.88. The summed E-state index contributed by atoms with van der Waals surface area (Å²) in [6.07, 6.45) is 2.74. The zero-order valence-corrected chi connectivity index (χ0v) is 10.6. The van der Waals surface area contributed by atoms with E-state index >= 15 is 0 Å². The third-order valence-electron chi connectivity index (χ3n) is 3.80. The Morgan fingerprint density at radius 2 is 2.24 bits per heavy atom. The van der Waals surface area contributed by atoms with E-state index in [0.29, 0.717) is 23.0 Å². The molecule has 0 bridgehead atoms. The molecule has 0 radical (unpaired) electrons. The third-order valence-corrected chi connectivity index (χ3v) is 5.69. The molecule has 2 aliphatic heterocycles. The van der Waals surface area contributed by atoms with Crippen LogP contribution in [0.1, 0.15) is 17.5 Å². The maximum Gasteiger partial charge on any atom is 0.179 e. The molecule has 0 spiro atoms. The fraction of sp³-hybridized carbons (Fsp3) is 0.538. The van der Waals surface area contributed by atoms with Gasteiger partial charge in [0.1, 0.15) is 0 Å². The molecule has 2 heterocycles. The summed E-state index contributed by atoms with van der Waals surface area (Å²) in [5, 5.41) is 3.33. The van der Waals surface area contributed by atoms with Gasteiger partial charge in [0.15, 0.2) is 9.84 Å². The van der Waals surface area contributed by atoms with Crippen LogP contribution in [0.15, 0.2) is 23.1 Å². The molecule has 3 nitrogen and oxygen atoms in total. The number of nitrogens with one attached hydrogen (secondary N) is 1. The summed E-state index contributed by atoms with van der Waals surface area (Å²) in [4.78, 5) is 0.645. The molecule has 4 heteroatoms.